The summed E-state index contributed by atoms with van der Waals surface area (Å²) in [6.45, 7) is 0.199. The molecule has 1 heterocycles. The summed E-state index contributed by atoms with van der Waals surface area (Å²) < 4.78 is 0. The standard InChI is InChI=1S/C20H23NO3/c22-14-17-11-18(23)13-21(17)20(24)12-19(15-7-3-1-4-8-15)16-9-5-2-6-10-16/h1-10,17-19,22-23H,11-14H2/t17-,18+/m0/s1. The predicted octanol–water partition coefficient (Wildman–Crippen LogP) is 2.16. The van der Waals surface area contributed by atoms with Crippen molar-refractivity contribution < 1.29 is 15.0 Å². The van der Waals surface area contributed by atoms with Crippen molar-refractivity contribution in [3.05, 3.63) is 71.8 Å². The van der Waals surface area contributed by atoms with Crippen LogP contribution in [0.5, 0.6) is 0 Å². The van der Waals surface area contributed by atoms with Gasteiger partial charge < -0.3 is 15.1 Å². The Bertz CT molecular complexity index is 620. The normalized spacial score (nSPS) is 20.5. The van der Waals surface area contributed by atoms with E-state index in [4.69, 9.17) is 0 Å². The lowest BCUT2D eigenvalue weighted by atomic mass is 9.88. The zero-order valence-electron chi connectivity index (χ0n) is 13.6. The Morgan fingerprint density at radius 1 is 1.04 bits per heavy atom. The first-order valence-electron chi connectivity index (χ1n) is 8.37. The maximum absolute atomic E-state index is 12.8. The van der Waals surface area contributed by atoms with E-state index in [-0.39, 0.29) is 24.5 Å². The molecule has 1 fully saturated rings. The molecule has 1 aliphatic rings. The van der Waals surface area contributed by atoms with E-state index >= 15 is 0 Å². The first kappa shape index (κ1) is 16.7. The van der Waals surface area contributed by atoms with Gasteiger partial charge in [0.2, 0.25) is 5.91 Å². The van der Waals surface area contributed by atoms with Crippen LogP contribution in [0.2, 0.25) is 0 Å². The minimum Gasteiger partial charge on any atom is -0.394 e. The van der Waals surface area contributed by atoms with Crippen molar-refractivity contribution in [3.8, 4) is 0 Å². The van der Waals surface area contributed by atoms with Gasteiger partial charge in [0.25, 0.3) is 0 Å². The second kappa shape index (κ2) is 7.60. The third-order valence-electron chi connectivity index (χ3n) is 4.71. The number of benzene rings is 2. The number of carbonyl (C=O) groups is 1. The molecule has 0 bridgehead atoms. The maximum atomic E-state index is 12.8. The van der Waals surface area contributed by atoms with E-state index in [2.05, 4.69) is 0 Å². The molecule has 2 aromatic rings. The van der Waals surface area contributed by atoms with E-state index in [1.165, 1.54) is 0 Å². The van der Waals surface area contributed by atoms with Crippen LogP contribution in [-0.2, 0) is 4.79 Å². The van der Waals surface area contributed by atoms with Crippen LogP contribution in [0.15, 0.2) is 60.7 Å². The Hall–Kier alpha value is -2.17. The Balaban J connectivity index is 1.83. The van der Waals surface area contributed by atoms with Crippen molar-refractivity contribution in [1.82, 2.24) is 4.90 Å². The van der Waals surface area contributed by atoms with Gasteiger partial charge in [-0.05, 0) is 17.5 Å². The molecule has 2 aromatic carbocycles. The molecule has 1 amide bonds. The fraction of sp³-hybridized carbons (Fsp3) is 0.350. The molecular weight excluding hydrogens is 302 g/mol. The molecular formula is C20H23NO3. The van der Waals surface area contributed by atoms with Crippen LogP contribution in [0.4, 0.5) is 0 Å². The third-order valence-corrected chi connectivity index (χ3v) is 4.71. The fourth-order valence-corrected chi connectivity index (χ4v) is 3.46. The number of aliphatic hydroxyl groups is 2. The molecule has 0 saturated carbocycles. The first-order chi connectivity index (χ1) is 11.7. The quantitative estimate of drug-likeness (QED) is 0.886. The molecule has 3 rings (SSSR count). The Kier molecular flexibility index (Phi) is 5.28. The summed E-state index contributed by atoms with van der Waals surface area (Å²) >= 11 is 0. The predicted molar refractivity (Wildman–Crippen MR) is 92.6 cm³/mol. The van der Waals surface area contributed by atoms with E-state index in [1.54, 1.807) is 4.90 Å². The molecule has 0 spiro atoms. The highest BCUT2D eigenvalue weighted by molar-refractivity contribution is 5.78. The largest absolute Gasteiger partial charge is 0.394 e. The van der Waals surface area contributed by atoms with Crippen molar-refractivity contribution in [1.29, 1.82) is 0 Å². The summed E-state index contributed by atoms with van der Waals surface area (Å²) in [6.07, 6.45) is 0.235. The van der Waals surface area contributed by atoms with Crippen LogP contribution in [0.25, 0.3) is 0 Å². The minimum atomic E-state index is -0.544. The van der Waals surface area contributed by atoms with Crippen LogP contribution in [-0.4, -0.2) is 46.3 Å². The minimum absolute atomic E-state index is 0.0247. The van der Waals surface area contributed by atoms with E-state index in [9.17, 15) is 15.0 Å². The lowest BCUT2D eigenvalue weighted by Crippen LogP contribution is -2.38. The zero-order valence-corrected chi connectivity index (χ0v) is 13.6. The average molecular weight is 325 g/mol. The van der Waals surface area contributed by atoms with Gasteiger partial charge in [-0.2, -0.15) is 0 Å². The molecule has 2 N–H and O–H groups in total. The third kappa shape index (κ3) is 3.66. The van der Waals surface area contributed by atoms with Crippen LogP contribution >= 0.6 is 0 Å². The number of carbonyl (C=O) groups excluding carboxylic acids is 1. The maximum Gasteiger partial charge on any atom is 0.223 e. The molecule has 1 saturated heterocycles. The summed E-state index contributed by atoms with van der Waals surface area (Å²) in [5.74, 6) is -0.0553. The van der Waals surface area contributed by atoms with Crippen LogP contribution in [0.3, 0.4) is 0 Å². The van der Waals surface area contributed by atoms with E-state index in [1.807, 2.05) is 60.7 Å². The summed E-state index contributed by atoms with van der Waals surface area (Å²) in [7, 11) is 0. The Labute approximate surface area is 142 Å². The highest BCUT2D eigenvalue weighted by atomic mass is 16.3. The highest BCUT2D eigenvalue weighted by Crippen LogP contribution is 2.30. The van der Waals surface area contributed by atoms with Crippen molar-refractivity contribution in [3.63, 3.8) is 0 Å². The highest BCUT2D eigenvalue weighted by Gasteiger charge is 2.34. The monoisotopic (exact) mass is 325 g/mol. The number of hydrogen-bond donors (Lipinski definition) is 2. The molecule has 24 heavy (non-hydrogen) atoms. The lowest BCUT2D eigenvalue weighted by Gasteiger charge is -2.26. The van der Waals surface area contributed by atoms with Crippen molar-refractivity contribution in [2.45, 2.75) is 30.9 Å². The number of β-amino-alcohol motifs (C(OH)–C–C–N with tert-alkyl or cyclic N) is 1. The Morgan fingerprint density at radius 3 is 2.08 bits per heavy atom. The molecule has 2 atom stereocenters. The second-order valence-corrected chi connectivity index (χ2v) is 6.35. The summed E-state index contributed by atoms with van der Waals surface area (Å²) in [5.41, 5.74) is 2.19. The van der Waals surface area contributed by atoms with Crippen molar-refractivity contribution in [2.24, 2.45) is 0 Å². The van der Waals surface area contributed by atoms with Gasteiger partial charge >= 0.3 is 0 Å². The molecule has 126 valence electrons. The van der Waals surface area contributed by atoms with Crippen LogP contribution in [0.1, 0.15) is 29.9 Å². The first-order valence-corrected chi connectivity index (χ1v) is 8.37. The van der Waals surface area contributed by atoms with Crippen LogP contribution < -0.4 is 0 Å². The van der Waals surface area contributed by atoms with Crippen LogP contribution in [0, 0.1) is 0 Å². The molecule has 0 aromatic heterocycles. The summed E-state index contributed by atoms with van der Waals surface area (Å²) in [6, 6.07) is 19.7. The van der Waals surface area contributed by atoms with Gasteiger partial charge in [0.15, 0.2) is 0 Å². The number of hydrogen-bond acceptors (Lipinski definition) is 3. The number of amides is 1. The number of likely N-dealkylation sites (tertiary alicyclic amines) is 1. The van der Waals surface area contributed by atoms with Gasteiger partial charge in [-0.15, -0.1) is 0 Å². The van der Waals surface area contributed by atoms with Crippen molar-refractivity contribution >= 4 is 5.91 Å². The van der Waals surface area contributed by atoms with Gasteiger partial charge in [0.1, 0.15) is 0 Å². The van der Waals surface area contributed by atoms with Gasteiger partial charge in [-0.25, -0.2) is 0 Å². The Morgan fingerprint density at radius 2 is 1.58 bits per heavy atom. The molecule has 4 nitrogen and oxygen atoms in total. The van der Waals surface area contributed by atoms with Gasteiger partial charge in [0.05, 0.1) is 18.8 Å². The van der Waals surface area contributed by atoms with Gasteiger partial charge in [-0.1, -0.05) is 60.7 Å². The molecule has 1 aliphatic heterocycles. The lowest BCUT2D eigenvalue weighted by molar-refractivity contribution is -0.133. The van der Waals surface area contributed by atoms with E-state index < -0.39 is 6.10 Å². The van der Waals surface area contributed by atoms with Crippen molar-refractivity contribution in [2.75, 3.05) is 13.2 Å². The number of aliphatic hydroxyl groups excluding tert-OH is 2. The molecule has 0 unspecified atom stereocenters. The molecule has 4 heteroatoms. The van der Waals surface area contributed by atoms with E-state index in [0.717, 1.165) is 11.1 Å². The summed E-state index contributed by atoms with van der Waals surface area (Å²) in [4.78, 5) is 14.4. The smallest absolute Gasteiger partial charge is 0.223 e. The molecule has 0 radical (unpaired) electrons. The number of rotatable bonds is 5. The second-order valence-electron chi connectivity index (χ2n) is 6.35. The topological polar surface area (TPSA) is 60.8 Å². The van der Waals surface area contributed by atoms with Gasteiger partial charge in [-0.3, -0.25) is 4.79 Å². The molecule has 0 aliphatic carbocycles. The SMILES string of the molecule is O=C(CC(c1ccccc1)c1ccccc1)N1C[C@H](O)C[C@H]1CO. The summed E-state index contributed by atoms with van der Waals surface area (Å²) in [5, 5.41) is 19.3. The number of nitrogens with zero attached hydrogens (tertiary/aromatic N) is 1. The zero-order chi connectivity index (χ0) is 16.9. The van der Waals surface area contributed by atoms with E-state index in [0.29, 0.717) is 19.4 Å². The van der Waals surface area contributed by atoms with Gasteiger partial charge in [0, 0.05) is 18.9 Å². The fourth-order valence-electron chi connectivity index (χ4n) is 3.46. The average Bonchev–Trinajstić information content (AvgIpc) is 3.02.